The molecule has 0 radical (unpaired) electrons. The lowest BCUT2D eigenvalue weighted by Gasteiger charge is -2.05. The third-order valence-corrected chi connectivity index (χ3v) is 2.73. The number of non-ortho nitro benzene ring substituents is 1. The SMILES string of the molecule is Cn1c(C(=O)O)ccc1-c1cc(F)cc([N+](=O)[O-])c1. The molecule has 0 unspecified atom stereocenters. The Kier molecular flexibility index (Phi) is 3.04. The van der Waals surface area contributed by atoms with Gasteiger partial charge in [-0.25, -0.2) is 9.18 Å². The smallest absolute Gasteiger partial charge is 0.352 e. The number of carboxylic acids is 1. The lowest BCUT2D eigenvalue weighted by molar-refractivity contribution is -0.385. The van der Waals surface area contributed by atoms with Gasteiger partial charge in [-0.05, 0) is 18.2 Å². The first-order valence-corrected chi connectivity index (χ1v) is 5.24. The van der Waals surface area contributed by atoms with Gasteiger partial charge in [-0.15, -0.1) is 0 Å². The van der Waals surface area contributed by atoms with Crippen molar-refractivity contribution in [1.29, 1.82) is 0 Å². The number of nitrogens with zero attached hydrogens (tertiary/aromatic N) is 2. The molecular weight excluding hydrogens is 255 g/mol. The van der Waals surface area contributed by atoms with Crippen molar-refractivity contribution in [2.75, 3.05) is 0 Å². The minimum Gasteiger partial charge on any atom is -0.477 e. The summed E-state index contributed by atoms with van der Waals surface area (Å²) in [4.78, 5) is 20.9. The fourth-order valence-electron chi connectivity index (χ4n) is 1.84. The normalized spacial score (nSPS) is 10.4. The number of halogens is 1. The number of aromatic carboxylic acids is 1. The van der Waals surface area contributed by atoms with Gasteiger partial charge in [0, 0.05) is 24.4 Å². The topological polar surface area (TPSA) is 85.4 Å². The number of hydrogen-bond donors (Lipinski definition) is 1. The Hall–Kier alpha value is -2.70. The number of nitro benzene ring substituents is 1. The average Bonchev–Trinajstić information content (AvgIpc) is 2.70. The highest BCUT2D eigenvalue weighted by Crippen LogP contribution is 2.26. The van der Waals surface area contributed by atoms with Crippen LogP contribution in [0.2, 0.25) is 0 Å². The molecule has 0 aliphatic heterocycles. The highest BCUT2D eigenvalue weighted by Gasteiger charge is 2.16. The molecule has 19 heavy (non-hydrogen) atoms. The van der Waals surface area contributed by atoms with Gasteiger partial charge in [0.05, 0.1) is 11.0 Å². The molecule has 0 saturated heterocycles. The monoisotopic (exact) mass is 264 g/mol. The number of nitro groups is 1. The Morgan fingerprint density at radius 3 is 2.58 bits per heavy atom. The lowest BCUT2D eigenvalue weighted by Crippen LogP contribution is -2.05. The van der Waals surface area contributed by atoms with E-state index in [-0.39, 0.29) is 16.9 Å². The molecule has 7 heteroatoms. The van der Waals surface area contributed by atoms with Crippen LogP contribution >= 0.6 is 0 Å². The van der Waals surface area contributed by atoms with Crippen LogP contribution in [0.3, 0.4) is 0 Å². The van der Waals surface area contributed by atoms with Crippen LogP contribution in [0, 0.1) is 15.9 Å². The number of benzene rings is 1. The Bertz CT molecular complexity index is 678. The van der Waals surface area contributed by atoms with Crippen LogP contribution in [0.5, 0.6) is 0 Å². The summed E-state index contributed by atoms with van der Waals surface area (Å²) in [6.07, 6.45) is 0. The molecule has 0 amide bonds. The number of aromatic nitrogens is 1. The maximum atomic E-state index is 13.3. The van der Waals surface area contributed by atoms with Crippen molar-refractivity contribution in [3.05, 3.63) is 52.0 Å². The van der Waals surface area contributed by atoms with Gasteiger partial charge in [0.15, 0.2) is 0 Å². The Morgan fingerprint density at radius 1 is 1.37 bits per heavy atom. The Labute approximate surface area is 106 Å². The maximum Gasteiger partial charge on any atom is 0.352 e. The van der Waals surface area contributed by atoms with Gasteiger partial charge < -0.3 is 9.67 Å². The zero-order valence-electron chi connectivity index (χ0n) is 9.83. The molecule has 0 fully saturated rings. The van der Waals surface area contributed by atoms with Crippen LogP contribution in [0.4, 0.5) is 10.1 Å². The summed E-state index contributed by atoms with van der Waals surface area (Å²) in [5.41, 5.74) is 0.275. The molecule has 0 aliphatic carbocycles. The average molecular weight is 264 g/mol. The van der Waals surface area contributed by atoms with E-state index in [1.165, 1.54) is 29.8 Å². The number of hydrogen-bond acceptors (Lipinski definition) is 3. The van der Waals surface area contributed by atoms with Crippen LogP contribution in [-0.4, -0.2) is 20.6 Å². The molecule has 98 valence electrons. The Balaban J connectivity index is 2.59. The second-order valence-corrected chi connectivity index (χ2v) is 3.92. The summed E-state index contributed by atoms with van der Waals surface area (Å²) in [6, 6.07) is 5.96. The number of carbonyl (C=O) groups is 1. The molecule has 1 heterocycles. The fourth-order valence-corrected chi connectivity index (χ4v) is 1.84. The van der Waals surface area contributed by atoms with E-state index in [1.54, 1.807) is 0 Å². The van der Waals surface area contributed by atoms with Crippen LogP contribution < -0.4 is 0 Å². The van der Waals surface area contributed by atoms with Crippen LogP contribution in [0.1, 0.15) is 10.5 Å². The Morgan fingerprint density at radius 2 is 2.05 bits per heavy atom. The summed E-state index contributed by atoms with van der Waals surface area (Å²) >= 11 is 0. The van der Waals surface area contributed by atoms with E-state index in [0.29, 0.717) is 5.69 Å². The van der Waals surface area contributed by atoms with Gasteiger partial charge >= 0.3 is 5.97 Å². The summed E-state index contributed by atoms with van der Waals surface area (Å²) in [5.74, 6) is -1.87. The summed E-state index contributed by atoms with van der Waals surface area (Å²) < 4.78 is 14.7. The quantitative estimate of drug-likeness (QED) is 0.681. The second kappa shape index (κ2) is 4.52. The van der Waals surface area contributed by atoms with E-state index in [9.17, 15) is 19.3 Å². The van der Waals surface area contributed by atoms with Gasteiger partial charge in [-0.2, -0.15) is 0 Å². The van der Waals surface area contributed by atoms with Gasteiger partial charge in [0.25, 0.3) is 5.69 Å². The second-order valence-electron chi connectivity index (χ2n) is 3.92. The molecule has 1 N–H and O–H groups in total. The van der Waals surface area contributed by atoms with Crippen molar-refractivity contribution in [3.8, 4) is 11.3 Å². The standard InChI is InChI=1S/C12H9FN2O4/c1-14-10(2-3-11(14)12(16)17)7-4-8(13)6-9(5-7)15(18)19/h2-6H,1H3,(H,16,17). The van der Waals surface area contributed by atoms with Crippen LogP contribution in [0.15, 0.2) is 30.3 Å². The minimum absolute atomic E-state index is 0.0157. The van der Waals surface area contributed by atoms with Gasteiger partial charge in [0.1, 0.15) is 11.5 Å². The summed E-state index contributed by atoms with van der Waals surface area (Å²) in [6.45, 7) is 0. The first-order chi connectivity index (χ1) is 8.90. The predicted octanol–water partition coefficient (Wildman–Crippen LogP) is 2.44. The molecule has 0 saturated carbocycles. The molecule has 1 aromatic carbocycles. The van der Waals surface area contributed by atoms with E-state index in [0.717, 1.165) is 12.1 Å². The van der Waals surface area contributed by atoms with Gasteiger partial charge in [0.2, 0.25) is 0 Å². The third kappa shape index (κ3) is 2.30. The van der Waals surface area contributed by atoms with E-state index < -0.39 is 16.7 Å². The maximum absolute atomic E-state index is 13.3. The molecular formula is C12H9FN2O4. The fraction of sp³-hybridized carbons (Fsp3) is 0.0833. The molecule has 0 spiro atoms. The van der Waals surface area contributed by atoms with Crippen molar-refractivity contribution < 1.29 is 19.2 Å². The van der Waals surface area contributed by atoms with Crippen molar-refractivity contribution in [2.24, 2.45) is 7.05 Å². The highest BCUT2D eigenvalue weighted by molar-refractivity contribution is 5.87. The zero-order valence-corrected chi connectivity index (χ0v) is 9.83. The molecule has 0 aliphatic rings. The van der Waals surface area contributed by atoms with Crippen molar-refractivity contribution in [2.45, 2.75) is 0 Å². The highest BCUT2D eigenvalue weighted by atomic mass is 19.1. The zero-order chi connectivity index (χ0) is 14.2. The van der Waals surface area contributed by atoms with Crippen molar-refractivity contribution in [1.82, 2.24) is 4.57 Å². The molecule has 0 bridgehead atoms. The van der Waals surface area contributed by atoms with Crippen LogP contribution in [0.25, 0.3) is 11.3 Å². The molecule has 0 atom stereocenters. The van der Waals surface area contributed by atoms with E-state index >= 15 is 0 Å². The minimum atomic E-state index is -1.13. The van der Waals surface area contributed by atoms with Crippen molar-refractivity contribution >= 4 is 11.7 Å². The number of carboxylic acid groups (broad SMARTS) is 1. The van der Waals surface area contributed by atoms with Crippen molar-refractivity contribution in [3.63, 3.8) is 0 Å². The van der Waals surface area contributed by atoms with Gasteiger partial charge in [-0.3, -0.25) is 10.1 Å². The van der Waals surface area contributed by atoms with Gasteiger partial charge in [-0.1, -0.05) is 0 Å². The molecule has 2 rings (SSSR count). The van der Waals surface area contributed by atoms with Crippen LogP contribution in [-0.2, 0) is 7.05 Å². The third-order valence-electron chi connectivity index (χ3n) is 2.73. The summed E-state index contributed by atoms with van der Waals surface area (Å²) in [5, 5.41) is 19.6. The summed E-state index contributed by atoms with van der Waals surface area (Å²) in [7, 11) is 1.50. The van der Waals surface area contributed by atoms with E-state index in [4.69, 9.17) is 5.11 Å². The first-order valence-electron chi connectivity index (χ1n) is 5.24. The number of rotatable bonds is 3. The predicted molar refractivity (Wildman–Crippen MR) is 64.4 cm³/mol. The molecule has 2 aromatic rings. The molecule has 1 aromatic heterocycles. The van der Waals surface area contributed by atoms with E-state index in [1.807, 2.05) is 0 Å². The first kappa shape index (κ1) is 12.7. The van der Waals surface area contributed by atoms with E-state index in [2.05, 4.69) is 0 Å². The lowest BCUT2D eigenvalue weighted by atomic mass is 10.1. The molecule has 6 nitrogen and oxygen atoms in total. The largest absolute Gasteiger partial charge is 0.477 e.